The van der Waals surface area contributed by atoms with Gasteiger partial charge in [-0.25, -0.2) is 4.98 Å². The number of ether oxygens (including phenoxy) is 2. The number of hydrogen-bond acceptors (Lipinski definition) is 3. The third-order valence-electron chi connectivity index (χ3n) is 3.70. The van der Waals surface area contributed by atoms with Crippen LogP contribution >= 0.6 is 11.6 Å². The third-order valence-corrected chi connectivity index (χ3v) is 3.95. The van der Waals surface area contributed by atoms with E-state index in [2.05, 4.69) is 17.1 Å². The van der Waals surface area contributed by atoms with Gasteiger partial charge in [0.15, 0.2) is 0 Å². The molecule has 0 N–H and O–H groups in total. The van der Waals surface area contributed by atoms with Crippen molar-refractivity contribution in [3.8, 4) is 11.5 Å². The predicted molar refractivity (Wildman–Crippen MR) is 98.2 cm³/mol. The molecular weight excluding hydrogens is 322 g/mol. The number of aromatic nitrogens is 1. The lowest BCUT2D eigenvalue weighted by atomic mass is 10.2. The molecule has 0 radical (unpaired) electrons. The summed E-state index contributed by atoms with van der Waals surface area (Å²) >= 11 is 5.85. The maximum atomic E-state index is 5.91. The van der Waals surface area contributed by atoms with Crippen LogP contribution in [-0.2, 0) is 0 Å². The van der Waals surface area contributed by atoms with Crippen LogP contribution < -0.4 is 9.47 Å². The van der Waals surface area contributed by atoms with Crippen molar-refractivity contribution in [2.24, 2.45) is 0 Å². The molecule has 0 saturated heterocycles. The van der Waals surface area contributed by atoms with E-state index in [1.165, 1.54) is 0 Å². The van der Waals surface area contributed by atoms with Gasteiger partial charge in [-0.1, -0.05) is 29.8 Å². The molecule has 3 aromatic rings. The molecule has 3 nitrogen and oxygen atoms in total. The van der Waals surface area contributed by atoms with Crippen molar-refractivity contribution in [2.75, 3.05) is 13.2 Å². The number of pyridine rings is 1. The van der Waals surface area contributed by atoms with Gasteiger partial charge in [-0.15, -0.1) is 0 Å². The Balaban J connectivity index is 1.45. The summed E-state index contributed by atoms with van der Waals surface area (Å²) in [6.07, 6.45) is 1.86. The molecule has 2 aromatic carbocycles. The molecule has 0 unspecified atom stereocenters. The zero-order valence-corrected chi connectivity index (χ0v) is 14.4. The molecule has 24 heavy (non-hydrogen) atoms. The molecule has 3 rings (SSSR count). The molecule has 0 aliphatic rings. The summed E-state index contributed by atoms with van der Waals surface area (Å²) in [6.45, 7) is 3.31. The van der Waals surface area contributed by atoms with Gasteiger partial charge in [0.1, 0.15) is 17.0 Å². The van der Waals surface area contributed by atoms with Gasteiger partial charge >= 0.3 is 0 Å². The number of aryl methyl sites for hydroxylation is 1. The SMILES string of the molecule is Cc1ccc2cccc(OCCCCOc3ccc(Cl)cc3)c2n1. The van der Waals surface area contributed by atoms with Crippen molar-refractivity contribution in [3.05, 3.63) is 65.3 Å². The molecule has 0 spiro atoms. The fourth-order valence-electron chi connectivity index (χ4n) is 2.44. The van der Waals surface area contributed by atoms with Gasteiger partial charge in [0.2, 0.25) is 0 Å². The van der Waals surface area contributed by atoms with Crippen LogP contribution in [0.2, 0.25) is 5.02 Å². The second-order valence-electron chi connectivity index (χ2n) is 5.64. The fraction of sp³-hybridized carbons (Fsp3) is 0.250. The maximum Gasteiger partial charge on any atom is 0.145 e. The Morgan fingerprint density at radius 2 is 1.62 bits per heavy atom. The zero-order chi connectivity index (χ0) is 16.8. The third kappa shape index (κ3) is 4.39. The van der Waals surface area contributed by atoms with Crippen molar-refractivity contribution in [1.29, 1.82) is 0 Å². The summed E-state index contributed by atoms with van der Waals surface area (Å²) in [6, 6.07) is 17.5. The smallest absolute Gasteiger partial charge is 0.145 e. The van der Waals surface area contributed by atoms with Crippen LogP contribution in [-0.4, -0.2) is 18.2 Å². The molecule has 0 amide bonds. The molecule has 0 atom stereocenters. The highest BCUT2D eigenvalue weighted by molar-refractivity contribution is 6.30. The van der Waals surface area contributed by atoms with Gasteiger partial charge in [-0.2, -0.15) is 0 Å². The number of rotatable bonds is 7. The lowest BCUT2D eigenvalue weighted by Gasteiger charge is -2.10. The molecule has 4 heteroatoms. The van der Waals surface area contributed by atoms with Gasteiger partial charge in [0, 0.05) is 16.1 Å². The van der Waals surface area contributed by atoms with Crippen LogP contribution in [0.25, 0.3) is 10.9 Å². The Kier molecular flexibility index (Phi) is 5.55. The Morgan fingerprint density at radius 3 is 2.42 bits per heavy atom. The maximum absolute atomic E-state index is 5.91. The topological polar surface area (TPSA) is 31.4 Å². The van der Waals surface area contributed by atoms with Crippen molar-refractivity contribution < 1.29 is 9.47 Å². The van der Waals surface area contributed by atoms with E-state index in [1.807, 2.05) is 49.4 Å². The van der Waals surface area contributed by atoms with Crippen molar-refractivity contribution in [2.45, 2.75) is 19.8 Å². The monoisotopic (exact) mass is 341 g/mol. The second-order valence-corrected chi connectivity index (χ2v) is 6.07. The average molecular weight is 342 g/mol. The predicted octanol–water partition coefficient (Wildman–Crippen LogP) is 5.43. The zero-order valence-electron chi connectivity index (χ0n) is 13.7. The molecule has 1 heterocycles. The van der Waals surface area contributed by atoms with E-state index in [-0.39, 0.29) is 0 Å². The van der Waals surface area contributed by atoms with Crippen LogP contribution in [0.15, 0.2) is 54.6 Å². The highest BCUT2D eigenvalue weighted by atomic mass is 35.5. The number of fused-ring (bicyclic) bond motifs is 1. The molecule has 0 aliphatic carbocycles. The number of para-hydroxylation sites is 1. The Hall–Kier alpha value is -2.26. The highest BCUT2D eigenvalue weighted by Crippen LogP contribution is 2.24. The van der Waals surface area contributed by atoms with Crippen LogP contribution in [0.4, 0.5) is 0 Å². The first-order valence-electron chi connectivity index (χ1n) is 8.10. The Morgan fingerprint density at radius 1 is 0.875 bits per heavy atom. The lowest BCUT2D eigenvalue weighted by Crippen LogP contribution is -2.03. The summed E-state index contributed by atoms with van der Waals surface area (Å²) in [7, 11) is 0. The summed E-state index contributed by atoms with van der Waals surface area (Å²) < 4.78 is 11.6. The summed E-state index contributed by atoms with van der Waals surface area (Å²) in [5.41, 5.74) is 1.92. The first kappa shape index (κ1) is 16.6. The minimum Gasteiger partial charge on any atom is -0.494 e. The largest absolute Gasteiger partial charge is 0.494 e. The Labute approximate surface area is 147 Å². The average Bonchev–Trinajstić information content (AvgIpc) is 2.59. The first-order chi connectivity index (χ1) is 11.7. The van der Waals surface area contributed by atoms with Crippen molar-refractivity contribution in [1.82, 2.24) is 4.98 Å². The van der Waals surface area contributed by atoms with Crippen molar-refractivity contribution >= 4 is 22.5 Å². The van der Waals surface area contributed by atoms with Crippen LogP contribution in [0.3, 0.4) is 0 Å². The highest BCUT2D eigenvalue weighted by Gasteiger charge is 2.03. The van der Waals surface area contributed by atoms with Gasteiger partial charge in [-0.05, 0) is 56.2 Å². The number of benzene rings is 2. The molecule has 0 bridgehead atoms. The van der Waals surface area contributed by atoms with Crippen LogP contribution in [0.1, 0.15) is 18.5 Å². The van der Waals surface area contributed by atoms with E-state index in [0.29, 0.717) is 13.2 Å². The van der Waals surface area contributed by atoms with Crippen molar-refractivity contribution in [3.63, 3.8) is 0 Å². The van der Waals surface area contributed by atoms with E-state index < -0.39 is 0 Å². The molecule has 124 valence electrons. The van der Waals surface area contributed by atoms with E-state index in [1.54, 1.807) is 0 Å². The van der Waals surface area contributed by atoms with E-state index in [0.717, 1.165) is 46.0 Å². The standard InChI is InChI=1S/C20H20ClNO2/c1-15-7-8-16-5-4-6-19(20(16)22-15)24-14-3-2-13-23-18-11-9-17(21)10-12-18/h4-12H,2-3,13-14H2,1H3. The molecule has 0 aliphatic heterocycles. The van der Waals surface area contributed by atoms with E-state index in [4.69, 9.17) is 21.1 Å². The minimum absolute atomic E-state index is 0.652. The van der Waals surface area contributed by atoms with Crippen LogP contribution in [0, 0.1) is 6.92 Å². The van der Waals surface area contributed by atoms with Gasteiger partial charge in [-0.3, -0.25) is 0 Å². The first-order valence-corrected chi connectivity index (χ1v) is 8.48. The minimum atomic E-state index is 0.652. The van der Waals surface area contributed by atoms with Gasteiger partial charge < -0.3 is 9.47 Å². The quantitative estimate of drug-likeness (QED) is 0.536. The molecule has 1 aromatic heterocycles. The fourth-order valence-corrected chi connectivity index (χ4v) is 2.57. The number of unbranched alkanes of at least 4 members (excludes halogenated alkanes) is 1. The van der Waals surface area contributed by atoms with Crippen LogP contribution in [0.5, 0.6) is 11.5 Å². The van der Waals surface area contributed by atoms with Gasteiger partial charge in [0.05, 0.1) is 13.2 Å². The second kappa shape index (κ2) is 8.02. The molecule has 0 saturated carbocycles. The van der Waals surface area contributed by atoms with Gasteiger partial charge in [0.25, 0.3) is 0 Å². The molecular formula is C20H20ClNO2. The number of hydrogen-bond donors (Lipinski definition) is 0. The number of nitrogens with zero attached hydrogens (tertiary/aromatic N) is 1. The Bertz CT molecular complexity index is 802. The molecule has 0 fully saturated rings. The normalized spacial score (nSPS) is 10.8. The lowest BCUT2D eigenvalue weighted by molar-refractivity contribution is 0.268. The summed E-state index contributed by atoms with van der Waals surface area (Å²) in [4.78, 5) is 4.58. The summed E-state index contributed by atoms with van der Waals surface area (Å²) in [5.74, 6) is 1.68. The summed E-state index contributed by atoms with van der Waals surface area (Å²) in [5, 5.41) is 1.82. The van der Waals surface area contributed by atoms with E-state index >= 15 is 0 Å². The van der Waals surface area contributed by atoms with E-state index in [9.17, 15) is 0 Å². The number of halogens is 1.